The maximum atomic E-state index is 12.7. The first-order chi connectivity index (χ1) is 13.1. The molecule has 0 fully saturated rings. The molecule has 0 saturated heterocycles. The molecule has 5 heteroatoms. The number of carbonyl (C=O) groups is 1. The third-order valence-corrected chi connectivity index (χ3v) is 5.15. The Balaban J connectivity index is 1.53. The van der Waals surface area contributed by atoms with E-state index in [1.54, 1.807) is 12.3 Å². The average molecular weight is 378 g/mol. The fourth-order valence-electron chi connectivity index (χ4n) is 3.40. The number of nitrogens with one attached hydrogen (secondary N) is 1. The highest BCUT2D eigenvalue weighted by atomic mass is 35.5. The molecule has 27 heavy (non-hydrogen) atoms. The molecule has 1 amide bonds. The zero-order valence-electron chi connectivity index (χ0n) is 15.1. The molecule has 136 valence electrons. The van der Waals surface area contributed by atoms with Gasteiger partial charge in [-0.15, -0.1) is 0 Å². The summed E-state index contributed by atoms with van der Waals surface area (Å²) in [5.74, 6) is -0.174. The van der Waals surface area contributed by atoms with Crippen molar-refractivity contribution in [3.63, 3.8) is 0 Å². The number of amides is 1. The minimum absolute atomic E-state index is 0.174. The highest BCUT2D eigenvalue weighted by Crippen LogP contribution is 2.25. The maximum absolute atomic E-state index is 12.7. The van der Waals surface area contributed by atoms with Gasteiger partial charge in [-0.05, 0) is 54.3 Å². The number of fused-ring (bicyclic) bond motifs is 1. The summed E-state index contributed by atoms with van der Waals surface area (Å²) in [4.78, 5) is 19.2. The van der Waals surface area contributed by atoms with Gasteiger partial charge in [0.05, 0.1) is 17.4 Å². The number of rotatable bonds is 3. The summed E-state index contributed by atoms with van der Waals surface area (Å²) in [5, 5.41) is 3.60. The number of benzene rings is 2. The second-order valence-corrected chi connectivity index (χ2v) is 7.22. The van der Waals surface area contributed by atoms with E-state index >= 15 is 0 Å². The van der Waals surface area contributed by atoms with Crippen LogP contribution in [0.3, 0.4) is 0 Å². The Morgan fingerprint density at radius 2 is 1.93 bits per heavy atom. The molecule has 2 heterocycles. The predicted molar refractivity (Wildman–Crippen MR) is 110 cm³/mol. The van der Waals surface area contributed by atoms with E-state index < -0.39 is 0 Å². The molecule has 4 nitrogen and oxygen atoms in total. The highest BCUT2D eigenvalue weighted by Gasteiger charge is 2.18. The van der Waals surface area contributed by atoms with Crippen LogP contribution in [0.15, 0.2) is 60.9 Å². The molecule has 1 aliphatic rings. The summed E-state index contributed by atoms with van der Waals surface area (Å²) < 4.78 is 0. The lowest BCUT2D eigenvalue weighted by atomic mass is 9.99. The minimum Gasteiger partial charge on any atom is -0.366 e. The molecule has 0 bridgehead atoms. The SMILES string of the molecule is Cc1cc(Cl)ccc1NC(=O)c1cncc(N2CCc3ccccc3C2)c1. The molecule has 0 radical (unpaired) electrons. The van der Waals surface area contributed by atoms with Gasteiger partial charge in [0, 0.05) is 30.0 Å². The summed E-state index contributed by atoms with van der Waals surface area (Å²) in [6, 6.07) is 15.8. The first-order valence-corrected chi connectivity index (χ1v) is 9.32. The third kappa shape index (κ3) is 3.81. The lowest BCUT2D eigenvalue weighted by Crippen LogP contribution is -2.30. The van der Waals surface area contributed by atoms with Crippen molar-refractivity contribution < 1.29 is 4.79 Å². The fraction of sp³-hybridized carbons (Fsp3) is 0.182. The van der Waals surface area contributed by atoms with Gasteiger partial charge in [0.25, 0.3) is 5.91 Å². The lowest BCUT2D eigenvalue weighted by molar-refractivity contribution is 0.102. The van der Waals surface area contributed by atoms with Crippen LogP contribution in [0.2, 0.25) is 5.02 Å². The molecule has 3 aromatic rings. The average Bonchev–Trinajstić information content (AvgIpc) is 2.70. The van der Waals surface area contributed by atoms with E-state index in [1.807, 2.05) is 31.3 Å². The van der Waals surface area contributed by atoms with Gasteiger partial charge in [0.1, 0.15) is 0 Å². The van der Waals surface area contributed by atoms with Crippen LogP contribution in [0.4, 0.5) is 11.4 Å². The van der Waals surface area contributed by atoms with Gasteiger partial charge in [-0.3, -0.25) is 9.78 Å². The van der Waals surface area contributed by atoms with Crippen LogP contribution in [0.1, 0.15) is 27.0 Å². The molecule has 0 aliphatic carbocycles. The van der Waals surface area contributed by atoms with Crippen molar-refractivity contribution in [2.45, 2.75) is 19.9 Å². The van der Waals surface area contributed by atoms with Gasteiger partial charge in [-0.25, -0.2) is 0 Å². The molecule has 0 atom stereocenters. The van der Waals surface area contributed by atoms with Crippen molar-refractivity contribution in [1.29, 1.82) is 0 Å². The fourth-order valence-corrected chi connectivity index (χ4v) is 3.63. The summed E-state index contributed by atoms with van der Waals surface area (Å²) in [6.07, 6.45) is 4.41. The number of aryl methyl sites for hydroxylation is 1. The van der Waals surface area contributed by atoms with Crippen LogP contribution in [0.25, 0.3) is 0 Å². The zero-order valence-corrected chi connectivity index (χ0v) is 15.8. The summed E-state index contributed by atoms with van der Waals surface area (Å²) in [6.45, 7) is 3.67. The van der Waals surface area contributed by atoms with Gasteiger partial charge in [-0.2, -0.15) is 0 Å². The first kappa shape index (κ1) is 17.6. The van der Waals surface area contributed by atoms with Crippen LogP contribution in [0, 0.1) is 6.92 Å². The predicted octanol–water partition coefficient (Wildman–Crippen LogP) is 4.86. The van der Waals surface area contributed by atoms with E-state index in [9.17, 15) is 4.79 Å². The van der Waals surface area contributed by atoms with Crippen LogP contribution in [-0.4, -0.2) is 17.4 Å². The maximum Gasteiger partial charge on any atom is 0.257 e. The number of aromatic nitrogens is 1. The topological polar surface area (TPSA) is 45.2 Å². The summed E-state index contributed by atoms with van der Waals surface area (Å²) in [7, 11) is 0. The lowest BCUT2D eigenvalue weighted by Gasteiger charge is -2.30. The minimum atomic E-state index is -0.174. The van der Waals surface area contributed by atoms with Crippen LogP contribution in [-0.2, 0) is 13.0 Å². The van der Waals surface area contributed by atoms with E-state index in [1.165, 1.54) is 11.1 Å². The number of carbonyl (C=O) groups excluding carboxylic acids is 1. The Morgan fingerprint density at radius 1 is 1.11 bits per heavy atom. The number of halogens is 1. The van der Waals surface area contributed by atoms with E-state index in [0.29, 0.717) is 10.6 Å². The number of anilines is 2. The summed E-state index contributed by atoms with van der Waals surface area (Å²) >= 11 is 5.99. The molecule has 1 N–H and O–H groups in total. The molecular weight excluding hydrogens is 358 g/mol. The highest BCUT2D eigenvalue weighted by molar-refractivity contribution is 6.30. The zero-order chi connectivity index (χ0) is 18.8. The molecule has 4 rings (SSSR count). The second-order valence-electron chi connectivity index (χ2n) is 6.79. The largest absolute Gasteiger partial charge is 0.366 e. The molecule has 0 unspecified atom stereocenters. The Hall–Kier alpha value is -2.85. The Morgan fingerprint density at radius 3 is 2.74 bits per heavy atom. The van der Waals surface area contributed by atoms with Crippen LogP contribution >= 0.6 is 11.6 Å². The van der Waals surface area contributed by atoms with Gasteiger partial charge in [0.2, 0.25) is 0 Å². The van der Waals surface area contributed by atoms with Gasteiger partial charge in [0.15, 0.2) is 0 Å². The Bertz CT molecular complexity index is 1000. The molecule has 2 aromatic carbocycles. The second kappa shape index (κ2) is 7.41. The van der Waals surface area contributed by atoms with E-state index in [-0.39, 0.29) is 5.91 Å². The molecule has 1 aliphatic heterocycles. The number of hydrogen-bond acceptors (Lipinski definition) is 3. The van der Waals surface area contributed by atoms with Crippen molar-refractivity contribution in [1.82, 2.24) is 4.98 Å². The van der Waals surface area contributed by atoms with Gasteiger partial charge >= 0.3 is 0 Å². The van der Waals surface area contributed by atoms with E-state index in [2.05, 4.69) is 39.5 Å². The van der Waals surface area contributed by atoms with Gasteiger partial charge < -0.3 is 10.2 Å². The number of nitrogens with zero attached hydrogens (tertiary/aromatic N) is 2. The smallest absolute Gasteiger partial charge is 0.257 e. The monoisotopic (exact) mass is 377 g/mol. The van der Waals surface area contributed by atoms with Crippen molar-refractivity contribution in [3.8, 4) is 0 Å². The van der Waals surface area contributed by atoms with Crippen molar-refractivity contribution in [2.24, 2.45) is 0 Å². The Labute approximate surface area is 163 Å². The molecule has 1 aromatic heterocycles. The van der Waals surface area contributed by atoms with E-state index in [4.69, 9.17) is 11.6 Å². The van der Waals surface area contributed by atoms with Crippen molar-refractivity contribution in [3.05, 3.63) is 88.2 Å². The number of pyridine rings is 1. The van der Waals surface area contributed by atoms with Crippen LogP contribution < -0.4 is 10.2 Å². The third-order valence-electron chi connectivity index (χ3n) is 4.92. The standard InChI is InChI=1S/C22H20ClN3O/c1-15-10-19(23)6-7-21(15)25-22(27)18-11-20(13-24-12-18)26-9-8-16-4-2-3-5-17(16)14-26/h2-7,10-13H,8-9,14H2,1H3,(H,25,27). The summed E-state index contributed by atoms with van der Waals surface area (Å²) in [5.41, 5.74) is 5.91. The quantitative estimate of drug-likeness (QED) is 0.709. The number of hydrogen-bond donors (Lipinski definition) is 1. The Kier molecular flexibility index (Phi) is 4.82. The normalized spacial score (nSPS) is 13.2. The van der Waals surface area contributed by atoms with Crippen LogP contribution in [0.5, 0.6) is 0 Å². The molecule has 0 saturated carbocycles. The van der Waals surface area contributed by atoms with Crippen molar-refractivity contribution in [2.75, 3.05) is 16.8 Å². The first-order valence-electron chi connectivity index (χ1n) is 8.94. The van der Waals surface area contributed by atoms with Crippen molar-refractivity contribution >= 4 is 28.9 Å². The molecular formula is C22H20ClN3O. The van der Waals surface area contributed by atoms with E-state index in [0.717, 1.165) is 36.4 Å². The molecule has 0 spiro atoms. The van der Waals surface area contributed by atoms with Gasteiger partial charge in [-0.1, -0.05) is 35.9 Å².